The van der Waals surface area contributed by atoms with Crippen molar-refractivity contribution in [2.24, 2.45) is 0 Å². The number of hydrogen-bond donors (Lipinski definition) is 1. The Kier molecular flexibility index (Phi) is 5.67. The third-order valence-electron chi connectivity index (χ3n) is 5.20. The van der Waals surface area contributed by atoms with Gasteiger partial charge in [0.05, 0.1) is 18.8 Å². The molecule has 4 rings (SSSR count). The van der Waals surface area contributed by atoms with E-state index in [-0.39, 0.29) is 5.63 Å². The number of morpholine rings is 1. The molecule has 1 aliphatic heterocycles. The highest BCUT2D eigenvalue weighted by Gasteiger charge is 2.15. The quantitative estimate of drug-likeness (QED) is 0.669. The zero-order valence-corrected chi connectivity index (χ0v) is 16.6. The van der Waals surface area contributed by atoms with E-state index in [4.69, 9.17) is 25.5 Å². The first kappa shape index (κ1) is 19.0. The summed E-state index contributed by atoms with van der Waals surface area (Å²) >= 11 is 5.96. The van der Waals surface area contributed by atoms with Crippen molar-refractivity contribution in [3.63, 3.8) is 0 Å². The lowest BCUT2D eigenvalue weighted by Crippen LogP contribution is -3.14. The minimum absolute atomic E-state index is 0.359. The van der Waals surface area contributed by atoms with Gasteiger partial charge in [-0.15, -0.1) is 0 Å². The number of quaternary nitrogens is 1. The highest BCUT2D eigenvalue weighted by molar-refractivity contribution is 6.30. The van der Waals surface area contributed by atoms with Crippen molar-refractivity contribution in [3.05, 3.63) is 63.5 Å². The minimum atomic E-state index is -0.359. The predicted octanol–water partition coefficient (Wildman–Crippen LogP) is 2.72. The average molecular weight is 401 g/mol. The van der Waals surface area contributed by atoms with Gasteiger partial charge in [0, 0.05) is 16.5 Å². The van der Waals surface area contributed by atoms with Gasteiger partial charge in [0.15, 0.2) is 0 Å². The molecule has 6 heteroatoms. The molecule has 28 heavy (non-hydrogen) atoms. The lowest BCUT2D eigenvalue weighted by atomic mass is 10.00. The first-order valence-electron chi connectivity index (χ1n) is 9.49. The van der Waals surface area contributed by atoms with Crippen LogP contribution in [-0.4, -0.2) is 39.5 Å². The highest BCUT2D eigenvalue weighted by Crippen LogP contribution is 2.29. The van der Waals surface area contributed by atoms with Crippen LogP contribution in [0.5, 0.6) is 5.75 Å². The van der Waals surface area contributed by atoms with Crippen LogP contribution >= 0.6 is 11.6 Å². The van der Waals surface area contributed by atoms with Crippen LogP contribution in [0.4, 0.5) is 0 Å². The van der Waals surface area contributed by atoms with Crippen LogP contribution in [0.1, 0.15) is 5.56 Å². The van der Waals surface area contributed by atoms with E-state index in [0.717, 1.165) is 49.4 Å². The Morgan fingerprint density at radius 1 is 1.11 bits per heavy atom. The molecule has 0 spiro atoms. The smallest absolute Gasteiger partial charge is 0.344 e. The van der Waals surface area contributed by atoms with Crippen molar-refractivity contribution in [1.29, 1.82) is 0 Å². The standard InChI is InChI=1S/C22H22ClNO4/c1-15-19-7-6-18(27-13-10-24-8-11-26-12-9-24)14-20(19)28-22(25)21(15)16-2-4-17(23)5-3-16/h2-7,14H,8-13H2,1H3/p+1. The molecule has 0 aliphatic carbocycles. The fourth-order valence-corrected chi connectivity index (χ4v) is 3.73. The van der Waals surface area contributed by atoms with Crippen molar-refractivity contribution < 1.29 is 18.8 Å². The number of halogens is 1. The van der Waals surface area contributed by atoms with Gasteiger partial charge in [-0.2, -0.15) is 0 Å². The van der Waals surface area contributed by atoms with E-state index >= 15 is 0 Å². The number of hydrogen-bond acceptors (Lipinski definition) is 4. The van der Waals surface area contributed by atoms with Gasteiger partial charge in [0.1, 0.15) is 37.6 Å². The Balaban J connectivity index is 1.56. The van der Waals surface area contributed by atoms with Crippen LogP contribution in [0, 0.1) is 6.92 Å². The van der Waals surface area contributed by atoms with Crippen molar-refractivity contribution in [2.75, 3.05) is 39.5 Å². The summed E-state index contributed by atoms with van der Waals surface area (Å²) in [4.78, 5) is 14.1. The van der Waals surface area contributed by atoms with E-state index < -0.39 is 0 Å². The minimum Gasteiger partial charge on any atom is -0.488 e. The first-order chi connectivity index (χ1) is 13.6. The molecule has 1 aromatic heterocycles. The van der Waals surface area contributed by atoms with Gasteiger partial charge in [-0.3, -0.25) is 0 Å². The third kappa shape index (κ3) is 4.07. The average Bonchev–Trinajstić information content (AvgIpc) is 2.70. The maximum absolute atomic E-state index is 12.6. The topological polar surface area (TPSA) is 53.1 Å². The van der Waals surface area contributed by atoms with Crippen molar-refractivity contribution in [3.8, 4) is 16.9 Å². The largest absolute Gasteiger partial charge is 0.488 e. The summed E-state index contributed by atoms with van der Waals surface area (Å²) in [5, 5.41) is 1.53. The lowest BCUT2D eigenvalue weighted by molar-refractivity contribution is -0.908. The second-order valence-electron chi connectivity index (χ2n) is 7.02. The van der Waals surface area contributed by atoms with E-state index in [1.807, 2.05) is 31.2 Å². The van der Waals surface area contributed by atoms with E-state index in [1.165, 1.54) is 4.90 Å². The number of aryl methyl sites for hydroxylation is 1. The Morgan fingerprint density at radius 2 is 1.86 bits per heavy atom. The van der Waals surface area contributed by atoms with E-state index in [0.29, 0.717) is 28.5 Å². The number of benzene rings is 2. The second kappa shape index (κ2) is 8.35. The van der Waals surface area contributed by atoms with Crippen LogP contribution in [0.25, 0.3) is 22.1 Å². The molecule has 146 valence electrons. The fourth-order valence-electron chi connectivity index (χ4n) is 3.60. The molecular formula is C22H23ClNO4+. The zero-order chi connectivity index (χ0) is 19.5. The van der Waals surface area contributed by atoms with E-state index in [9.17, 15) is 4.79 Å². The zero-order valence-electron chi connectivity index (χ0n) is 15.8. The SMILES string of the molecule is Cc1c(-c2ccc(Cl)cc2)c(=O)oc2cc(OCC[NH+]3CCOCC3)ccc12. The molecule has 0 unspecified atom stereocenters. The number of nitrogens with one attached hydrogen (secondary N) is 1. The molecule has 1 aliphatic rings. The normalized spacial score (nSPS) is 15.1. The van der Waals surface area contributed by atoms with Crippen molar-refractivity contribution in [1.82, 2.24) is 0 Å². The Hall–Kier alpha value is -2.34. The van der Waals surface area contributed by atoms with E-state index in [2.05, 4.69) is 0 Å². The number of rotatable bonds is 5. The summed E-state index contributed by atoms with van der Waals surface area (Å²) in [5.41, 5.74) is 2.43. The third-order valence-corrected chi connectivity index (χ3v) is 5.45. The molecule has 2 heterocycles. The summed E-state index contributed by atoms with van der Waals surface area (Å²) in [7, 11) is 0. The number of ether oxygens (including phenoxy) is 2. The molecule has 0 amide bonds. The molecule has 3 aromatic rings. The van der Waals surface area contributed by atoms with Crippen LogP contribution in [0.3, 0.4) is 0 Å². The van der Waals surface area contributed by atoms with Gasteiger partial charge in [-0.05, 0) is 42.3 Å². The maximum Gasteiger partial charge on any atom is 0.344 e. The van der Waals surface area contributed by atoms with Crippen LogP contribution in [-0.2, 0) is 4.74 Å². The molecule has 5 nitrogen and oxygen atoms in total. The molecule has 0 atom stereocenters. The van der Waals surface area contributed by atoms with Gasteiger partial charge >= 0.3 is 5.63 Å². The fraction of sp³-hybridized carbons (Fsp3) is 0.318. The summed E-state index contributed by atoms with van der Waals surface area (Å²) in [6, 6.07) is 12.9. The van der Waals surface area contributed by atoms with Crippen LogP contribution < -0.4 is 15.3 Å². The van der Waals surface area contributed by atoms with E-state index in [1.54, 1.807) is 18.2 Å². The molecule has 0 bridgehead atoms. The Labute approximate surface area is 168 Å². The molecule has 0 radical (unpaired) electrons. The summed E-state index contributed by atoms with van der Waals surface area (Å²) in [6.07, 6.45) is 0. The van der Waals surface area contributed by atoms with Gasteiger partial charge in [0.2, 0.25) is 0 Å². The Morgan fingerprint density at radius 3 is 2.61 bits per heavy atom. The second-order valence-corrected chi connectivity index (χ2v) is 7.45. The molecule has 0 saturated carbocycles. The summed E-state index contributed by atoms with van der Waals surface area (Å²) in [5.74, 6) is 0.710. The molecule has 1 saturated heterocycles. The maximum atomic E-state index is 12.6. The van der Waals surface area contributed by atoms with Gasteiger partial charge in [0.25, 0.3) is 0 Å². The van der Waals surface area contributed by atoms with Crippen LogP contribution in [0.2, 0.25) is 5.02 Å². The first-order valence-corrected chi connectivity index (χ1v) is 9.87. The summed E-state index contributed by atoms with van der Waals surface area (Å²) < 4.78 is 16.9. The number of fused-ring (bicyclic) bond motifs is 1. The van der Waals surface area contributed by atoms with Gasteiger partial charge in [-0.25, -0.2) is 4.79 Å². The lowest BCUT2D eigenvalue weighted by Gasteiger charge is -2.23. The van der Waals surface area contributed by atoms with Crippen molar-refractivity contribution >= 4 is 22.6 Å². The molecule has 1 N–H and O–H groups in total. The Bertz CT molecular complexity index is 1020. The van der Waals surface area contributed by atoms with Crippen molar-refractivity contribution in [2.45, 2.75) is 6.92 Å². The van der Waals surface area contributed by atoms with Gasteiger partial charge in [-0.1, -0.05) is 23.7 Å². The highest BCUT2D eigenvalue weighted by atomic mass is 35.5. The predicted molar refractivity (Wildman–Crippen MR) is 110 cm³/mol. The monoisotopic (exact) mass is 400 g/mol. The van der Waals surface area contributed by atoms with Crippen LogP contribution in [0.15, 0.2) is 51.7 Å². The molecule has 2 aromatic carbocycles. The van der Waals surface area contributed by atoms with Gasteiger partial charge < -0.3 is 18.8 Å². The molecule has 1 fully saturated rings. The molecular weight excluding hydrogens is 378 g/mol. The summed E-state index contributed by atoms with van der Waals surface area (Å²) in [6.45, 7) is 7.14.